The fourth-order valence-corrected chi connectivity index (χ4v) is 1.93. The van der Waals surface area contributed by atoms with Crippen molar-refractivity contribution in [1.29, 1.82) is 0 Å². The van der Waals surface area contributed by atoms with Crippen molar-refractivity contribution in [2.75, 3.05) is 0 Å². The van der Waals surface area contributed by atoms with E-state index in [1.165, 1.54) is 27.6 Å². The van der Waals surface area contributed by atoms with Crippen LogP contribution in [0.5, 0.6) is 0 Å². The second-order valence-corrected chi connectivity index (χ2v) is 4.40. The van der Waals surface area contributed by atoms with E-state index in [2.05, 4.69) is 51.7 Å². The first-order valence-electron chi connectivity index (χ1n) is 5.35. The summed E-state index contributed by atoms with van der Waals surface area (Å²) in [6.07, 6.45) is 0. The third kappa shape index (κ3) is 1.52. The minimum Gasteiger partial charge on any atom is -0.253 e. The highest BCUT2D eigenvalue weighted by molar-refractivity contribution is 5.84. The van der Waals surface area contributed by atoms with Gasteiger partial charge < -0.3 is 0 Å². The standard InChI is InChI=1S/C14H17N/c1-8-6-13-11(4)10(3)12(5)15-14(13)7-9(8)2/h6-7H,1-5H3. The number of pyridine rings is 1. The van der Waals surface area contributed by atoms with Gasteiger partial charge in [-0.25, -0.2) is 0 Å². The molecule has 1 heteroatoms. The van der Waals surface area contributed by atoms with Crippen LogP contribution in [0.1, 0.15) is 27.9 Å². The van der Waals surface area contributed by atoms with Crippen molar-refractivity contribution in [1.82, 2.24) is 4.98 Å². The SMILES string of the molecule is Cc1cc2nc(C)c(C)c(C)c2cc1C. The summed E-state index contributed by atoms with van der Waals surface area (Å²) in [6.45, 7) is 10.7. The van der Waals surface area contributed by atoms with Gasteiger partial charge in [0, 0.05) is 11.1 Å². The molecule has 1 heterocycles. The molecule has 1 aromatic carbocycles. The Morgan fingerprint density at radius 2 is 1.40 bits per heavy atom. The van der Waals surface area contributed by atoms with Gasteiger partial charge in [-0.05, 0) is 69.0 Å². The van der Waals surface area contributed by atoms with Gasteiger partial charge in [-0.3, -0.25) is 4.98 Å². The first-order chi connectivity index (χ1) is 7.00. The van der Waals surface area contributed by atoms with Crippen LogP contribution in [0, 0.1) is 34.6 Å². The molecular formula is C14H17N. The van der Waals surface area contributed by atoms with Gasteiger partial charge in [0.25, 0.3) is 0 Å². The van der Waals surface area contributed by atoms with Crippen LogP contribution in [-0.4, -0.2) is 4.98 Å². The summed E-state index contributed by atoms with van der Waals surface area (Å²) in [5.74, 6) is 0. The Morgan fingerprint density at radius 3 is 2.07 bits per heavy atom. The van der Waals surface area contributed by atoms with Gasteiger partial charge in [-0.2, -0.15) is 0 Å². The number of nitrogens with zero attached hydrogens (tertiary/aromatic N) is 1. The Kier molecular flexibility index (Phi) is 2.26. The Bertz CT molecular complexity index is 534. The summed E-state index contributed by atoms with van der Waals surface area (Å²) in [6, 6.07) is 4.43. The summed E-state index contributed by atoms with van der Waals surface area (Å²) in [4.78, 5) is 4.64. The van der Waals surface area contributed by atoms with Crippen molar-refractivity contribution in [2.45, 2.75) is 34.6 Å². The third-order valence-electron chi connectivity index (χ3n) is 3.41. The van der Waals surface area contributed by atoms with Crippen LogP contribution >= 0.6 is 0 Å². The van der Waals surface area contributed by atoms with Gasteiger partial charge in [0.2, 0.25) is 0 Å². The first kappa shape index (κ1) is 10.2. The maximum absolute atomic E-state index is 4.64. The minimum absolute atomic E-state index is 1.12. The molecule has 0 N–H and O–H groups in total. The van der Waals surface area contributed by atoms with E-state index in [9.17, 15) is 0 Å². The fourth-order valence-electron chi connectivity index (χ4n) is 1.93. The van der Waals surface area contributed by atoms with Crippen LogP contribution in [0.4, 0.5) is 0 Å². The third-order valence-corrected chi connectivity index (χ3v) is 3.41. The molecule has 0 aliphatic heterocycles. The predicted octanol–water partition coefficient (Wildman–Crippen LogP) is 3.78. The lowest BCUT2D eigenvalue weighted by atomic mass is 9.99. The highest BCUT2D eigenvalue weighted by atomic mass is 14.7. The molecule has 0 fully saturated rings. The summed E-state index contributed by atoms with van der Waals surface area (Å²) < 4.78 is 0. The van der Waals surface area contributed by atoms with Gasteiger partial charge in [0.05, 0.1) is 5.52 Å². The molecule has 0 saturated heterocycles. The fraction of sp³-hybridized carbons (Fsp3) is 0.357. The molecule has 0 saturated carbocycles. The van der Waals surface area contributed by atoms with Crippen molar-refractivity contribution >= 4 is 10.9 Å². The van der Waals surface area contributed by atoms with Crippen LogP contribution in [-0.2, 0) is 0 Å². The van der Waals surface area contributed by atoms with Crippen molar-refractivity contribution < 1.29 is 0 Å². The Labute approximate surface area is 91.2 Å². The van der Waals surface area contributed by atoms with Gasteiger partial charge in [-0.1, -0.05) is 0 Å². The van der Waals surface area contributed by atoms with Crippen LogP contribution in [0.15, 0.2) is 12.1 Å². The lowest BCUT2D eigenvalue weighted by Gasteiger charge is -2.10. The normalized spacial score (nSPS) is 11.0. The lowest BCUT2D eigenvalue weighted by Crippen LogP contribution is -1.95. The zero-order chi connectivity index (χ0) is 11.2. The number of aromatic nitrogens is 1. The monoisotopic (exact) mass is 199 g/mol. The van der Waals surface area contributed by atoms with E-state index in [1.807, 2.05) is 0 Å². The zero-order valence-electron chi connectivity index (χ0n) is 10.1. The molecule has 0 atom stereocenters. The maximum atomic E-state index is 4.64. The molecule has 15 heavy (non-hydrogen) atoms. The molecule has 0 radical (unpaired) electrons. The number of aryl methyl sites for hydroxylation is 4. The Hall–Kier alpha value is -1.37. The summed E-state index contributed by atoms with van der Waals surface area (Å²) in [5.41, 5.74) is 7.60. The smallest absolute Gasteiger partial charge is 0.0710 e. The number of hydrogen-bond acceptors (Lipinski definition) is 1. The summed E-state index contributed by atoms with van der Waals surface area (Å²) >= 11 is 0. The van der Waals surface area contributed by atoms with E-state index >= 15 is 0 Å². The topological polar surface area (TPSA) is 12.9 Å². The largest absolute Gasteiger partial charge is 0.253 e. The van der Waals surface area contributed by atoms with Gasteiger partial charge in [-0.15, -0.1) is 0 Å². The molecule has 2 rings (SSSR count). The van der Waals surface area contributed by atoms with Crippen molar-refractivity contribution in [3.05, 3.63) is 40.1 Å². The van der Waals surface area contributed by atoms with E-state index in [0.29, 0.717) is 0 Å². The highest BCUT2D eigenvalue weighted by Crippen LogP contribution is 2.24. The molecule has 0 aliphatic carbocycles. The van der Waals surface area contributed by atoms with Crippen LogP contribution in [0.2, 0.25) is 0 Å². The molecule has 0 amide bonds. The van der Waals surface area contributed by atoms with E-state index in [-0.39, 0.29) is 0 Å². The number of rotatable bonds is 0. The zero-order valence-corrected chi connectivity index (χ0v) is 10.1. The molecule has 78 valence electrons. The molecule has 1 aromatic heterocycles. The second kappa shape index (κ2) is 3.34. The van der Waals surface area contributed by atoms with E-state index in [4.69, 9.17) is 0 Å². The molecule has 2 aromatic rings. The Morgan fingerprint density at radius 1 is 0.800 bits per heavy atom. The average Bonchev–Trinajstić information content (AvgIpc) is 2.19. The van der Waals surface area contributed by atoms with Crippen molar-refractivity contribution in [3.63, 3.8) is 0 Å². The van der Waals surface area contributed by atoms with Gasteiger partial charge in [0.15, 0.2) is 0 Å². The molecular weight excluding hydrogens is 182 g/mol. The van der Waals surface area contributed by atoms with E-state index < -0.39 is 0 Å². The van der Waals surface area contributed by atoms with Crippen molar-refractivity contribution in [3.8, 4) is 0 Å². The number of fused-ring (bicyclic) bond motifs is 1. The van der Waals surface area contributed by atoms with E-state index in [0.717, 1.165) is 11.2 Å². The quantitative estimate of drug-likeness (QED) is 0.629. The van der Waals surface area contributed by atoms with E-state index in [1.54, 1.807) is 0 Å². The highest BCUT2D eigenvalue weighted by Gasteiger charge is 2.06. The minimum atomic E-state index is 1.12. The van der Waals surface area contributed by atoms with Gasteiger partial charge >= 0.3 is 0 Å². The lowest BCUT2D eigenvalue weighted by molar-refractivity contribution is 1.16. The summed E-state index contributed by atoms with van der Waals surface area (Å²) in [5, 5.41) is 1.29. The van der Waals surface area contributed by atoms with Gasteiger partial charge in [0.1, 0.15) is 0 Å². The number of hydrogen-bond donors (Lipinski definition) is 0. The Balaban J connectivity index is 2.93. The van der Waals surface area contributed by atoms with Crippen LogP contribution in [0.3, 0.4) is 0 Å². The molecule has 0 aliphatic rings. The summed E-state index contributed by atoms with van der Waals surface area (Å²) in [7, 11) is 0. The molecule has 0 unspecified atom stereocenters. The average molecular weight is 199 g/mol. The molecule has 0 spiro atoms. The van der Waals surface area contributed by atoms with Crippen LogP contribution in [0.25, 0.3) is 10.9 Å². The van der Waals surface area contributed by atoms with Crippen LogP contribution < -0.4 is 0 Å². The molecule has 1 nitrogen and oxygen atoms in total. The maximum Gasteiger partial charge on any atom is 0.0710 e. The molecule has 0 bridgehead atoms. The number of benzene rings is 1. The second-order valence-electron chi connectivity index (χ2n) is 4.40. The first-order valence-corrected chi connectivity index (χ1v) is 5.35. The predicted molar refractivity (Wildman–Crippen MR) is 65.4 cm³/mol. The van der Waals surface area contributed by atoms with Crippen molar-refractivity contribution in [2.24, 2.45) is 0 Å².